The van der Waals surface area contributed by atoms with Gasteiger partial charge in [0.2, 0.25) is 11.8 Å². The zero-order valence-electron chi connectivity index (χ0n) is 17.7. The number of nitrogens with one attached hydrogen (secondary N) is 2. The maximum Gasteiger partial charge on any atom is 0.240 e. The fourth-order valence-corrected chi connectivity index (χ4v) is 3.58. The maximum atomic E-state index is 12.2. The van der Waals surface area contributed by atoms with Crippen LogP contribution in [0.4, 0.5) is 0 Å². The molecule has 0 saturated carbocycles. The lowest BCUT2D eigenvalue weighted by atomic mass is 10.1. The number of carbonyl (C=O) groups excluding carboxylic acids is 2. The number of aliphatic hydroxyl groups excluding tert-OH is 1. The van der Waals surface area contributed by atoms with Crippen LogP contribution in [0.3, 0.4) is 0 Å². The van der Waals surface area contributed by atoms with Crippen LogP contribution in [-0.4, -0.2) is 59.5 Å². The molecule has 0 saturated heterocycles. The van der Waals surface area contributed by atoms with E-state index in [9.17, 15) is 14.7 Å². The summed E-state index contributed by atoms with van der Waals surface area (Å²) in [6.45, 7) is 4.13. The summed E-state index contributed by atoms with van der Waals surface area (Å²) in [5, 5.41) is 15.5. The summed E-state index contributed by atoms with van der Waals surface area (Å²) >= 11 is 1.21. The molecule has 1 heterocycles. The van der Waals surface area contributed by atoms with Gasteiger partial charge in [-0.1, -0.05) is 23.9 Å². The number of aliphatic hydroxyl groups is 1. The van der Waals surface area contributed by atoms with Gasteiger partial charge in [-0.3, -0.25) is 9.59 Å². The lowest BCUT2D eigenvalue weighted by Crippen LogP contribution is -2.29. The molecule has 1 aromatic carbocycles. The Hall–Kier alpha value is -2.98. The number of nitrogens with zero attached hydrogens (tertiary/aromatic N) is 2. The highest BCUT2D eigenvalue weighted by molar-refractivity contribution is 7.99. The van der Waals surface area contributed by atoms with Gasteiger partial charge in [-0.2, -0.15) is 0 Å². The summed E-state index contributed by atoms with van der Waals surface area (Å²) in [5.74, 6) is 1.06. The smallest absolute Gasteiger partial charge is 0.240 e. The Bertz CT molecular complexity index is 900. The molecule has 0 fully saturated rings. The van der Waals surface area contributed by atoms with Gasteiger partial charge in [0.25, 0.3) is 0 Å². The third-order valence-electron chi connectivity index (χ3n) is 4.33. The van der Waals surface area contributed by atoms with Gasteiger partial charge in [0.05, 0.1) is 38.5 Å². The third-order valence-corrected chi connectivity index (χ3v) is 5.32. The van der Waals surface area contributed by atoms with Gasteiger partial charge < -0.3 is 29.8 Å². The second-order valence-corrected chi connectivity index (χ2v) is 7.39. The van der Waals surface area contributed by atoms with Gasteiger partial charge in [0, 0.05) is 13.1 Å². The van der Waals surface area contributed by atoms with Crippen LogP contribution in [-0.2, 0) is 29.2 Å². The number of hydrogen-bond acceptors (Lipinski definition) is 7. The first-order valence-electron chi connectivity index (χ1n) is 9.65. The molecule has 168 valence electrons. The molecular formula is C21H28N4O5S. The van der Waals surface area contributed by atoms with Crippen molar-refractivity contribution in [2.75, 3.05) is 33.1 Å². The average molecular weight is 449 g/mol. The van der Waals surface area contributed by atoms with Crippen molar-refractivity contribution in [3.63, 3.8) is 0 Å². The Balaban J connectivity index is 1.85. The molecule has 2 rings (SSSR count). The topological polar surface area (TPSA) is 115 Å². The highest BCUT2D eigenvalue weighted by Gasteiger charge is 2.14. The monoisotopic (exact) mass is 448 g/mol. The zero-order chi connectivity index (χ0) is 22.6. The normalized spacial score (nSPS) is 10.4. The fourth-order valence-electron chi connectivity index (χ4n) is 2.75. The van der Waals surface area contributed by atoms with Crippen molar-refractivity contribution >= 4 is 23.6 Å². The first kappa shape index (κ1) is 24.3. The van der Waals surface area contributed by atoms with E-state index in [4.69, 9.17) is 9.47 Å². The van der Waals surface area contributed by atoms with Crippen LogP contribution in [0.5, 0.6) is 11.5 Å². The maximum absolute atomic E-state index is 12.2. The van der Waals surface area contributed by atoms with Crippen molar-refractivity contribution in [3.05, 3.63) is 48.3 Å². The van der Waals surface area contributed by atoms with Crippen molar-refractivity contribution in [1.29, 1.82) is 0 Å². The number of ether oxygens (including phenoxy) is 2. The molecule has 0 aliphatic heterocycles. The fraction of sp³-hybridized carbons (Fsp3) is 0.381. The molecule has 9 nitrogen and oxygen atoms in total. The number of carbonyl (C=O) groups is 2. The van der Waals surface area contributed by atoms with Crippen LogP contribution >= 0.6 is 11.8 Å². The summed E-state index contributed by atoms with van der Waals surface area (Å²) in [6, 6.07) is 5.63. The second-order valence-electron chi connectivity index (χ2n) is 6.45. The first-order chi connectivity index (χ1) is 15.0. The Morgan fingerprint density at radius 1 is 1.23 bits per heavy atom. The highest BCUT2D eigenvalue weighted by Crippen LogP contribution is 2.27. The number of hydrogen-bond donors (Lipinski definition) is 3. The molecule has 2 aromatic rings. The molecule has 0 atom stereocenters. The van der Waals surface area contributed by atoms with Gasteiger partial charge in [0.1, 0.15) is 6.54 Å². The minimum atomic E-state index is -0.250. The number of benzene rings is 1. The van der Waals surface area contributed by atoms with Crippen LogP contribution in [0.15, 0.2) is 42.2 Å². The molecular weight excluding hydrogens is 420 g/mol. The molecule has 3 N–H and O–H groups in total. The molecule has 0 unspecified atom stereocenters. The van der Waals surface area contributed by atoms with Gasteiger partial charge in [-0.25, -0.2) is 4.98 Å². The lowest BCUT2D eigenvalue weighted by molar-refractivity contribution is -0.121. The molecule has 10 heteroatoms. The standard InChI is InChI=1S/C21H28N4O5S/c1-4-8-22-19(27)12-25-16(13-26)11-24-21(25)31-14-20(28)23-9-7-15-5-6-17(29-2)18(10-15)30-3/h4-6,10-11,26H,1,7-9,12-14H2,2-3H3,(H,22,27)(H,23,28). The van der Waals surface area contributed by atoms with Gasteiger partial charge >= 0.3 is 0 Å². The quantitative estimate of drug-likeness (QED) is 0.311. The van der Waals surface area contributed by atoms with E-state index in [-0.39, 0.29) is 30.7 Å². The molecule has 0 aliphatic rings. The largest absolute Gasteiger partial charge is 0.493 e. The van der Waals surface area contributed by atoms with E-state index in [1.807, 2.05) is 18.2 Å². The molecule has 0 aliphatic carbocycles. The molecule has 0 spiro atoms. The summed E-state index contributed by atoms with van der Waals surface area (Å²) in [7, 11) is 3.16. The van der Waals surface area contributed by atoms with E-state index in [0.29, 0.717) is 41.9 Å². The number of amides is 2. The molecule has 0 radical (unpaired) electrons. The summed E-state index contributed by atoms with van der Waals surface area (Å²) in [5.41, 5.74) is 1.52. The SMILES string of the molecule is C=CCNC(=O)Cn1c(CO)cnc1SCC(=O)NCCc1ccc(OC)c(OC)c1. The van der Waals surface area contributed by atoms with E-state index in [1.54, 1.807) is 24.9 Å². The van der Waals surface area contributed by atoms with Crippen LogP contribution in [0.2, 0.25) is 0 Å². The molecule has 1 aromatic heterocycles. The summed E-state index contributed by atoms with van der Waals surface area (Å²) in [4.78, 5) is 28.4. The van der Waals surface area contributed by atoms with Crippen molar-refractivity contribution in [2.24, 2.45) is 0 Å². The average Bonchev–Trinajstić information content (AvgIpc) is 3.17. The number of thioether (sulfide) groups is 1. The predicted molar refractivity (Wildman–Crippen MR) is 118 cm³/mol. The van der Waals surface area contributed by atoms with Crippen molar-refractivity contribution in [3.8, 4) is 11.5 Å². The highest BCUT2D eigenvalue weighted by atomic mass is 32.2. The van der Waals surface area contributed by atoms with Gasteiger partial charge in [-0.15, -0.1) is 6.58 Å². The van der Waals surface area contributed by atoms with E-state index in [1.165, 1.54) is 18.0 Å². The lowest BCUT2D eigenvalue weighted by Gasteiger charge is -2.11. The Morgan fingerprint density at radius 2 is 2.00 bits per heavy atom. The van der Waals surface area contributed by atoms with Crippen LogP contribution < -0.4 is 20.1 Å². The Morgan fingerprint density at radius 3 is 2.68 bits per heavy atom. The number of rotatable bonds is 13. The number of aromatic nitrogens is 2. The van der Waals surface area contributed by atoms with Gasteiger partial charge in [-0.05, 0) is 24.1 Å². The van der Waals surface area contributed by atoms with Crippen molar-refractivity contribution < 1.29 is 24.2 Å². The number of methoxy groups -OCH3 is 2. The van der Waals surface area contributed by atoms with E-state index in [2.05, 4.69) is 22.2 Å². The minimum Gasteiger partial charge on any atom is -0.493 e. The van der Waals surface area contributed by atoms with E-state index in [0.717, 1.165) is 5.56 Å². The zero-order valence-corrected chi connectivity index (χ0v) is 18.5. The molecule has 31 heavy (non-hydrogen) atoms. The number of imidazole rings is 1. The predicted octanol–water partition coefficient (Wildman–Crippen LogP) is 1.15. The van der Waals surface area contributed by atoms with Crippen LogP contribution in [0, 0.1) is 0 Å². The van der Waals surface area contributed by atoms with Crippen LogP contribution in [0.1, 0.15) is 11.3 Å². The third kappa shape index (κ3) is 7.34. The Labute approximate surface area is 185 Å². The van der Waals surface area contributed by atoms with Crippen molar-refractivity contribution in [1.82, 2.24) is 20.2 Å². The summed E-state index contributed by atoms with van der Waals surface area (Å²) in [6.07, 6.45) is 3.72. The second kappa shape index (κ2) is 12.7. The molecule has 0 bridgehead atoms. The first-order valence-corrected chi connectivity index (χ1v) is 10.6. The van der Waals surface area contributed by atoms with E-state index >= 15 is 0 Å². The Kier molecular flexibility index (Phi) is 9.92. The minimum absolute atomic E-state index is 0.00693. The van der Waals surface area contributed by atoms with Crippen LogP contribution in [0.25, 0.3) is 0 Å². The summed E-state index contributed by atoms with van der Waals surface area (Å²) < 4.78 is 12.1. The van der Waals surface area contributed by atoms with Gasteiger partial charge in [0.15, 0.2) is 16.7 Å². The van der Waals surface area contributed by atoms with Crippen molar-refractivity contribution in [2.45, 2.75) is 24.7 Å². The molecule has 2 amide bonds. The van der Waals surface area contributed by atoms with E-state index < -0.39 is 0 Å².